The molecule has 1 saturated heterocycles. The van der Waals surface area contributed by atoms with Crippen molar-refractivity contribution >= 4 is 0 Å². The quantitative estimate of drug-likeness (QED) is 0.725. The smallest absolute Gasteiger partial charge is 0.138 e. The van der Waals surface area contributed by atoms with Crippen LogP contribution in [-0.4, -0.2) is 32.5 Å². The molecular formula is C21H24N4. The molecule has 128 valence electrons. The lowest BCUT2D eigenvalue weighted by Crippen LogP contribution is -2.34. The predicted octanol–water partition coefficient (Wildman–Crippen LogP) is 3.96. The lowest BCUT2D eigenvalue weighted by Gasteiger charge is -2.32. The lowest BCUT2D eigenvalue weighted by atomic mass is 9.94. The average Bonchev–Trinajstić information content (AvgIpc) is 3.09. The van der Waals surface area contributed by atoms with Crippen LogP contribution in [0.15, 0.2) is 60.9 Å². The van der Waals surface area contributed by atoms with Gasteiger partial charge in [0.1, 0.15) is 11.6 Å². The number of aryl methyl sites for hydroxylation is 1. The number of pyridine rings is 1. The van der Waals surface area contributed by atoms with Gasteiger partial charge in [-0.3, -0.25) is 9.47 Å². The largest absolute Gasteiger partial charge is 0.298 e. The summed E-state index contributed by atoms with van der Waals surface area (Å²) in [5.74, 6) is 2.44. The summed E-state index contributed by atoms with van der Waals surface area (Å²) in [6, 6.07) is 17.1. The molecule has 3 heterocycles. The highest BCUT2D eigenvalue weighted by atomic mass is 15.1. The molecule has 3 aromatic rings. The van der Waals surface area contributed by atoms with E-state index in [0.29, 0.717) is 5.92 Å². The Hall–Kier alpha value is -2.46. The van der Waals surface area contributed by atoms with Crippen LogP contribution in [0.4, 0.5) is 0 Å². The Balaban J connectivity index is 1.51. The molecule has 0 amide bonds. The molecule has 2 aromatic heterocycles. The minimum absolute atomic E-state index is 0.501. The van der Waals surface area contributed by atoms with Crippen molar-refractivity contribution in [1.82, 2.24) is 19.4 Å². The molecule has 0 spiro atoms. The van der Waals surface area contributed by atoms with Gasteiger partial charge in [0.05, 0.1) is 0 Å². The van der Waals surface area contributed by atoms with Gasteiger partial charge in [0.2, 0.25) is 0 Å². The summed E-state index contributed by atoms with van der Waals surface area (Å²) in [4.78, 5) is 11.8. The van der Waals surface area contributed by atoms with Crippen molar-refractivity contribution in [2.75, 3.05) is 13.1 Å². The van der Waals surface area contributed by atoms with E-state index in [-0.39, 0.29) is 0 Å². The first-order chi connectivity index (χ1) is 12.3. The van der Waals surface area contributed by atoms with E-state index in [0.717, 1.165) is 24.7 Å². The third-order valence-corrected chi connectivity index (χ3v) is 5.00. The third-order valence-electron chi connectivity index (χ3n) is 5.00. The first kappa shape index (κ1) is 16.0. The van der Waals surface area contributed by atoms with Crippen molar-refractivity contribution in [2.24, 2.45) is 0 Å². The van der Waals surface area contributed by atoms with Gasteiger partial charge in [-0.2, -0.15) is 0 Å². The van der Waals surface area contributed by atoms with Crippen LogP contribution in [0.3, 0.4) is 0 Å². The van der Waals surface area contributed by atoms with Crippen molar-refractivity contribution < 1.29 is 0 Å². The topological polar surface area (TPSA) is 34.0 Å². The maximum Gasteiger partial charge on any atom is 0.138 e. The SMILES string of the molecule is Cc1nccn1-c1cccc(C2CCCN(Cc3ccccc3)C2)n1. The molecule has 1 unspecified atom stereocenters. The highest BCUT2D eigenvalue weighted by molar-refractivity contribution is 5.28. The second-order valence-corrected chi connectivity index (χ2v) is 6.82. The van der Waals surface area contributed by atoms with Crippen LogP contribution in [0.5, 0.6) is 0 Å². The third kappa shape index (κ3) is 3.64. The summed E-state index contributed by atoms with van der Waals surface area (Å²) < 4.78 is 2.05. The van der Waals surface area contributed by atoms with Crippen LogP contribution in [0.25, 0.3) is 5.82 Å². The molecule has 4 heteroatoms. The molecule has 25 heavy (non-hydrogen) atoms. The molecule has 1 aliphatic rings. The van der Waals surface area contributed by atoms with Gasteiger partial charge in [-0.15, -0.1) is 0 Å². The Morgan fingerprint density at radius 1 is 1.08 bits per heavy atom. The number of likely N-dealkylation sites (tertiary alicyclic amines) is 1. The van der Waals surface area contributed by atoms with Gasteiger partial charge in [0.25, 0.3) is 0 Å². The standard InChI is InChI=1S/C21H24N4/c1-17-22-12-14-25(17)21-11-5-10-20(23-21)19-9-6-13-24(16-19)15-18-7-3-2-4-8-18/h2-5,7-8,10-12,14,19H,6,9,13,15-16H2,1H3. The van der Waals surface area contributed by atoms with Crippen molar-refractivity contribution in [3.63, 3.8) is 0 Å². The van der Waals surface area contributed by atoms with Crippen LogP contribution in [0.2, 0.25) is 0 Å². The van der Waals surface area contributed by atoms with E-state index in [1.54, 1.807) is 0 Å². The Morgan fingerprint density at radius 3 is 2.76 bits per heavy atom. The van der Waals surface area contributed by atoms with Crippen LogP contribution in [0, 0.1) is 6.92 Å². The maximum absolute atomic E-state index is 4.94. The van der Waals surface area contributed by atoms with E-state index in [1.807, 2.05) is 23.9 Å². The number of piperidine rings is 1. The fraction of sp³-hybridized carbons (Fsp3) is 0.333. The van der Waals surface area contributed by atoms with Gasteiger partial charge in [0, 0.05) is 37.1 Å². The first-order valence-electron chi connectivity index (χ1n) is 9.03. The molecule has 1 fully saturated rings. The van der Waals surface area contributed by atoms with E-state index in [1.165, 1.54) is 30.6 Å². The van der Waals surface area contributed by atoms with Crippen molar-refractivity contribution in [2.45, 2.75) is 32.2 Å². The molecule has 0 saturated carbocycles. The second kappa shape index (κ2) is 7.19. The summed E-state index contributed by atoms with van der Waals surface area (Å²) in [5.41, 5.74) is 2.59. The van der Waals surface area contributed by atoms with E-state index >= 15 is 0 Å². The molecule has 4 rings (SSSR count). The monoisotopic (exact) mass is 332 g/mol. The van der Waals surface area contributed by atoms with Gasteiger partial charge in [-0.05, 0) is 44.0 Å². The summed E-state index contributed by atoms with van der Waals surface area (Å²) in [6.07, 6.45) is 6.24. The van der Waals surface area contributed by atoms with Gasteiger partial charge in [0.15, 0.2) is 0 Å². The van der Waals surface area contributed by atoms with Crippen LogP contribution in [-0.2, 0) is 6.54 Å². The van der Waals surface area contributed by atoms with Gasteiger partial charge in [-0.25, -0.2) is 9.97 Å². The summed E-state index contributed by atoms with van der Waals surface area (Å²) >= 11 is 0. The van der Waals surface area contributed by atoms with Crippen molar-refractivity contribution in [3.8, 4) is 5.82 Å². The average molecular weight is 332 g/mol. The van der Waals surface area contributed by atoms with Crippen LogP contribution < -0.4 is 0 Å². The van der Waals surface area contributed by atoms with Gasteiger partial charge in [-0.1, -0.05) is 36.4 Å². The molecule has 4 nitrogen and oxygen atoms in total. The summed E-state index contributed by atoms with van der Waals surface area (Å²) in [7, 11) is 0. The molecule has 0 radical (unpaired) electrons. The highest BCUT2D eigenvalue weighted by Crippen LogP contribution is 2.27. The van der Waals surface area contributed by atoms with Gasteiger partial charge >= 0.3 is 0 Å². The molecule has 0 aliphatic carbocycles. The van der Waals surface area contributed by atoms with E-state index in [4.69, 9.17) is 4.98 Å². The van der Waals surface area contributed by atoms with Crippen molar-refractivity contribution in [3.05, 3.63) is 78.0 Å². The number of benzene rings is 1. The maximum atomic E-state index is 4.94. The Bertz CT molecular complexity index is 825. The fourth-order valence-electron chi connectivity index (χ4n) is 3.70. The number of aromatic nitrogens is 3. The zero-order valence-electron chi connectivity index (χ0n) is 14.7. The lowest BCUT2D eigenvalue weighted by molar-refractivity contribution is 0.198. The zero-order chi connectivity index (χ0) is 17.1. The number of rotatable bonds is 4. The van der Waals surface area contributed by atoms with Crippen LogP contribution >= 0.6 is 0 Å². The highest BCUT2D eigenvalue weighted by Gasteiger charge is 2.22. The molecule has 1 aliphatic heterocycles. The van der Waals surface area contributed by atoms with E-state index in [9.17, 15) is 0 Å². The van der Waals surface area contributed by atoms with E-state index in [2.05, 4.69) is 58.4 Å². The number of imidazole rings is 1. The minimum atomic E-state index is 0.501. The fourth-order valence-corrected chi connectivity index (χ4v) is 3.70. The zero-order valence-corrected chi connectivity index (χ0v) is 14.7. The normalized spacial score (nSPS) is 18.4. The predicted molar refractivity (Wildman–Crippen MR) is 99.8 cm³/mol. The second-order valence-electron chi connectivity index (χ2n) is 6.82. The number of hydrogen-bond acceptors (Lipinski definition) is 3. The van der Waals surface area contributed by atoms with E-state index < -0.39 is 0 Å². The Morgan fingerprint density at radius 2 is 1.96 bits per heavy atom. The molecular weight excluding hydrogens is 308 g/mol. The van der Waals surface area contributed by atoms with Crippen LogP contribution in [0.1, 0.15) is 35.8 Å². The minimum Gasteiger partial charge on any atom is -0.298 e. The Kier molecular flexibility index (Phi) is 4.61. The van der Waals surface area contributed by atoms with Gasteiger partial charge < -0.3 is 0 Å². The number of hydrogen-bond donors (Lipinski definition) is 0. The molecule has 1 atom stereocenters. The first-order valence-corrected chi connectivity index (χ1v) is 9.03. The Labute approximate surface area is 149 Å². The molecule has 0 N–H and O–H groups in total. The molecule has 1 aromatic carbocycles. The molecule has 0 bridgehead atoms. The summed E-state index contributed by atoms with van der Waals surface area (Å²) in [6.45, 7) is 5.29. The number of nitrogens with zero attached hydrogens (tertiary/aromatic N) is 4. The van der Waals surface area contributed by atoms with Crippen molar-refractivity contribution in [1.29, 1.82) is 0 Å². The summed E-state index contributed by atoms with van der Waals surface area (Å²) in [5, 5.41) is 0.